The molecule has 0 amide bonds. The van der Waals surface area contributed by atoms with Crippen molar-refractivity contribution < 1.29 is 0 Å². The van der Waals surface area contributed by atoms with Crippen molar-refractivity contribution in [2.24, 2.45) is 0 Å². The van der Waals surface area contributed by atoms with E-state index in [-0.39, 0.29) is 0 Å². The Hall–Kier alpha value is -1.28. The summed E-state index contributed by atoms with van der Waals surface area (Å²) in [5, 5.41) is 3.64. The second-order valence-electron chi connectivity index (χ2n) is 6.01. The summed E-state index contributed by atoms with van der Waals surface area (Å²) in [5.74, 6) is 0. The van der Waals surface area contributed by atoms with E-state index in [0.29, 0.717) is 6.04 Å². The minimum absolute atomic E-state index is 0.324. The second-order valence-corrected chi connectivity index (χ2v) is 6.87. The van der Waals surface area contributed by atoms with Gasteiger partial charge in [0.15, 0.2) is 0 Å². The van der Waals surface area contributed by atoms with E-state index >= 15 is 0 Å². The number of aryl methyl sites for hydroxylation is 2. The number of hydrogen-bond donors (Lipinski definition) is 1. The van der Waals surface area contributed by atoms with Gasteiger partial charge in [0.05, 0.1) is 0 Å². The lowest BCUT2D eigenvalue weighted by Gasteiger charge is -2.21. The maximum Gasteiger partial charge on any atom is 0.0485 e. The summed E-state index contributed by atoms with van der Waals surface area (Å²) < 4.78 is 1.16. The Morgan fingerprint density at radius 1 is 1.05 bits per heavy atom. The highest BCUT2D eigenvalue weighted by Crippen LogP contribution is 2.29. The summed E-state index contributed by atoms with van der Waals surface area (Å²) in [6.45, 7) is 4.39. The highest BCUT2D eigenvalue weighted by molar-refractivity contribution is 9.10. The van der Waals surface area contributed by atoms with Crippen molar-refractivity contribution in [2.45, 2.75) is 45.6 Å². The normalized spacial score (nSPS) is 15.4. The fraction of sp³-hybridized carbons (Fsp3) is 0.368. The molecular weight excluding hydrogens is 322 g/mol. The van der Waals surface area contributed by atoms with Gasteiger partial charge in [-0.25, -0.2) is 0 Å². The van der Waals surface area contributed by atoms with Crippen LogP contribution in [0, 0.1) is 6.92 Å². The first-order valence-electron chi connectivity index (χ1n) is 7.78. The van der Waals surface area contributed by atoms with E-state index < -0.39 is 0 Å². The summed E-state index contributed by atoms with van der Waals surface area (Å²) in [6.07, 6.45) is 5.17. The Labute approximate surface area is 135 Å². The van der Waals surface area contributed by atoms with Gasteiger partial charge >= 0.3 is 0 Å². The molecule has 0 radical (unpaired) electrons. The first-order valence-corrected chi connectivity index (χ1v) is 8.58. The van der Waals surface area contributed by atoms with Crippen molar-refractivity contribution in [1.29, 1.82) is 0 Å². The molecule has 0 heterocycles. The van der Waals surface area contributed by atoms with Gasteiger partial charge in [0.1, 0.15) is 0 Å². The summed E-state index contributed by atoms with van der Waals surface area (Å²) in [4.78, 5) is 0. The zero-order valence-corrected chi connectivity index (χ0v) is 14.3. The van der Waals surface area contributed by atoms with Crippen LogP contribution in [-0.2, 0) is 12.8 Å². The molecule has 1 N–H and O–H groups in total. The molecule has 0 bridgehead atoms. The fourth-order valence-corrected chi connectivity index (χ4v) is 3.47. The zero-order chi connectivity index (χ0) is 14.8. The van der Waals surface area contributed by atoms with E-state index in [4.69, 9.17) is 0 Å². The smallest absolute Gasteiger partial charge is 0.0485 e. The molecule has 3 rings (SSSR count). The fourth-order valence-electron chi connectivity index (χ4n) is 3.10. The minimum atomic E-state index is 0.324. The number of benzene rings is 2. The van der Waals surface area contributed by atoms with Crippen molar-refractivity contribution in [3.8, 4) is 0 Å². The molecule has 0 saturated heterocycles. The molecule has 0 spiro atoms. The number of rotatable bonds is 3. The van der Waals surface area contributed by atoms with Gasteiger partial charge in [0.2, 0.25) is 0 Å². The standard InChI is InChI=1S/C19H22BrN/c1-13-18(20)8-5-9-19(13)21-14(2)16-11-10-15-6-3-4-7-17(15)12-16/h5,8-12,14,21H,3-4,6-7H2,1-2H3. The molecule has 0 saturated carbocycles. The molecule has 1 unspecified atom stereocenters. The van der Waals surface area contributed by atoms with Gasteiger partial charge in [-0.3, -0.25) is 0 Å². The van der Waals surface area contributed by atoms with Crippen LogP contribution in [0.15, 0.2) is 40.9 Å². The average molecular weight is 344 g/mol. The number of hydrogen-bond acceptors (Lipinski definition) is 1. The first-order chi connectivity index (χ1) is 10.1. The zero-order valence-electron chi connectivity index (χ0n) is 12.7. The largest absolute Gasteiger partial charge is 0.378 e. The highest BCUT2D eigenvalue weighted by atomic mass is 79.9. The van der Waals surface area contributed by atoms with Crippen molar-refractivity contribution in [3.05, 3.63) is 63.1 Å². The number of fused-ring (bicyclic) bond motifs is 1. The Morgan fingerprint density at radius 3 is 2.62 bits per heavy atom. The third-order valence-corrected chi connectivity index (χ3v) is 5.37. The lowest BCUT2D eigenvalue weighted by atomic mass is 9.89. The van der Waals surface area contributed by atoms with Crippen LogP contribution in [-0.4, -0.2) is 0 Å². The van der Waals surface area contributed by atoms with Crippen LogP contribution >= 0.6 is 15.9 Å². The van der Waals surface area contributed by atoms with E-state index in [1.807, 2.05) is 0 Å². The van der Waals surface area contributed by atoms with Crippen LogP contribution in [0.5, 0.6) is 0 Å². The predicted molar refractivity (Wildman–Crippen MR) is 94.0 cm³/mol. The molecule has 1 aliphatic carbocycles. The molecular formula is C19H22BrN. The summed E-state index contributed by atoms with van der Waals surface area (Å²) in [5.41, 5.74) is 6.96. The minimum Gasteiger partial charge on any atom is -0.378 e. The molecule has 2 heteroatoms. The molecule has 21 heavy (non-hydrogen) atoms. The first kappa shape index (κ1) is 14.6. The number of halogens is 1. The molecule has 1 aliphatic rings. The number of nitrogens with one attached hydrogen (secondary N) is 1. The highest BCUT2D eigenvalue weighted by Gasteiger charge is 2.13. The molecule has 1 nitrogen and oxygen atoms in total. The topological polar surface area (TPSA) is 12.0 Å². The molecule has 2 aromatic rings. The van der Waals surface area contributed by atoms with E-state index in [2.05, 4.69) is 71.5 Å². The van der Waals surface area contributed by atoms with Gasteiger partial charge < -0.3 is 5.32 Å². The lowest BCUT2D eigenvalue weighted by molar-refractivity contribution is 0.683. The van der Waals surface area contributed by atoms with Gasteiger partial charge in [0.25, 0.3) is 0 Å². The van der Waals surface area contributed by atoms with Crippen molar-refractivity contribution in [1.82, 2.24) is 0 Å². The van der Waals surface area contributed by atoms with E-state index in [1.54, 1.807) is 11.1 Å². The van der Waals surface area contributed by atoms with Crippen LogP contribution in [0.4, 0.5) is 5.69 Å². The average Bonchev–Trinajstić information content (AvgIpc) is 2.51. The van der Waals surface area contributed by atoms with Gasteiger partial charge in [0, 0.05) is 16.2 Å². The van der Waals surface area contributed by atoms with Crippen molar-refractivity contribution in [3.63, 3.8) is 0 Å². The number of anilines is 1. The molecule has 0 fully saturated rings. The molecule has 0 aliphatic heterocycles. The van der Waals surface area contributed by atoms with Gasteiger partial charge in [-0.05, 0) is 73.9 Å². The maximum absolute atomic E-state index is 3.64. The SMILES string of the molecule is Cc1c(Br)cccc1NC(C)c1ccc2c(c1)CCCC2. The summed E-state index contributed by atoms with van der Waals surface area (Å²) in [7, 11) is 0. The van der Waals surface area contributed by atoms with E-state index in [0.717, 1.165) is 4.47 Å². The molecule has 1 atom stereocenters. The van der Waals surface area contributed by atoms with Crippen LogP contribution in [0.3, 0.4) is 0 Å². The molecule has 0 aromatic heterocycles. The van der Waals surface area contributed by atoms with E-state index in [1.165, 1.54) is 42.5 Å². The lowest BCUT2D eigenvalue weighted by Crippen LogP contribution is -2.10. The molecule has 2 aromatic carbocycles. The van der Waals surface area contributed by atoms with Crippen LogP contribution in [0.2, 0.25) is 0 Å². The second kappa shape index (κ2) is 6.23. The Balaban J connectivity index is 1.82. The Morgan fingerprint density at radius 2 is 1.81 bits per heavy atom. The molecule has 110 valence electrons. The van der Waals surface area contributed by atoms with Crippen LogP contribution < -0.4 is 5.32 Å². The Bertz CT molecular complexity index is 648. The Kier molecular flexibility index (Phi) is 4.34. The van der Waals surface area contributed by atoms with E-state index in [9.17, 15) is 0 Å². The monoisotopic (exact) mass is 343 g/mol. The van der Waals surface area contributed by atoms with Gasteiger partial charge in [-0.2, -0.15) is 0 Å². The predicted octanol–water partition coefficient (Wildman–Crippen LogP) is 5.81. The third-order valence-electron chi connectivity index (χ3n) is 4.51. The maximum atomic E-state index is 3.64. The van der Waals surface area contributed by atoms with Crippen LogP contribution in [0.1, 0.15) is 48.1 Å². The van der Waals surface area contributed by atoms with Crippen molar-refractivity contribution >= 4 is 21.6 Å². The third kappa shape index (κ3) is 3.16. The van der Waals surface area contributed by atoms with Crippen LogP contribution in [0.25, 0.3) is 0 Å². The van der Waals surface area contributed by atoms with Gasteiger partial charge in [-0.1, -0.05) is 40.2 Å². The summed E-state index contributed by atoms with van der Waals surface area (Å²) in [6, 6.07) is 13.7. The summed E-state index contributed by atoms with van der Waals surface area (Å²) >= 11 is 3.60. The van der Waals surface area contributed by atoms with Gasteiger partial charge in [-0.15, -0.1) is 0 Å². The quantitative estimate of drug-likeness (QED) is 0.741. The van der Waals surface area contributed by atoms with Crippen molar-refractivity contribution in [2.75, 3.05) is 5.32 Å².